The van der Waals surface area contributed by atoms with E-state index in [2.05, 4.69) is 10.2 Å². The average Bonchev–Trinajstić information content (AvgIpc) is 2.73. The maximum Gasteiger partial charge on any atom is 0.307 e. The first-order valence-corrected chi connectivity index (χ1v) is 7.51. The summed E-state index contributed by atoms with van der Waals surface area (Å²) in [7, 11) is 3.71. The van der Waals surface area contributed by atoms with Gasteiger partial charge < -0.3 is 15.0 Å². The second kappa shape index (κ2) is 8.89. The van der Waals surface area contributed by atoms with Crippen molar-refractivity contribution < 1.29 is 9.53 Å². The van der Waals surface area contributed by atoms with Gasteiger partial charge in [-0.25, -0.2) is 0 Å². The highest BCUT2D eigenvalue weighted by molar-refractivity contribution is 7.07. The van der Waals surface area contributed by atoms with Crippen LogP contribution >= 0.6 is 11.3 Å². The van der Waals surface area contributed by atoms with Gasteiger partial charge in [0.15, 0.2) is 0 Å². The first-order valence-electron chi connectivity index (χ1n) is 6.63. The predicted octanol–water partition coefficient (Wildman–Crippen LogP) is 0.303. The smallest absolute Gasteiger partial charge is 0.307 e. The molecule has 20 heavy (non-hydrogen) atoms. The van der Waals surface area contributed by atoms with Crippen molar-refractivity contribution in [2.24, 2.45) is 0 Å². The van der Waals surface area contributed by atoms with E-state index in [4.69, 9.17) is 4.74 Å². The molecule has 1 aromatic rings. The molecule has 1 N–H and O–H groups in total. The van der Waals surface area contributed by atoms with Gasteiger partial charge in [0, 0.05) is 31.3 Å². The second-order valence-corrected chi connectivity index (χ2v) is 5.55. The Morgan fingerprint density at radius 2 is 2.25 bits per heavy atom. The maximum absolute atomic E-state index is 11.7. The van der Waals surface area contributed by atoms with Crippen LogP contribution < -0.4 is 10.2 Å². The number of nitrogens with one attached hydrogen (secondary N) is 1. The molecular formula is C13H23N3O3S. The molecule has 0 aliphatic rings. The monoisotopic (exact) mass is 301 g/mol. The summed E-state index contributed by atoms with van der Waals surface area (Å²) in [4.78, 5) is 25.3. The predicted molar refractivity (Wildman–Crippen MR) is 80.3 cm³/mol. The third-order valence-corrected chi connectivity index (χ3v) is 3.88. The van der Waals surface area contributed by atoms with Crippen molar-refractivity contribution in [1.82, 2.24) is 14.8 Å². The van der Waals surface area contributed by atoms with Gasteiger partial charge in [-0.1, -0.05) is 11.3 Å². The van der Waals surface area contributed by atoms with Gasteiger partial charge in [-0.3, -0.25) is 14.2 Å². The molecule has 114 valence electrons. The van der Waals surface area contributed by atoms with Crippen LogP contribution in [-0.4, -0.2) is 55.8 Å². The van der Waals surface area contributed by atoms with Gasteiger partial charge in [0.1, 0.15) is 6.54 Å². The van der Waals surface area contributed by atoms with E-state index >= 15 is 0 Å². The van der Waals surface area contributed by atoms with Gasteiger partial charge in [-0.05, 0) is 26.9 Å². The number of hydrogen-bond acceptors (Lipinski definition) is 5. The van der Waals surface area contributed by atoms with Crippen molar-refractivity contribution in [1.29, 1.82) is 0 Å². The van der Waals surface area contributed by atoms with Gasteiger partial charge >= 0.3 is 4.87 Å². The fraction of sp³-hybridized carbons (Fsp3) is 0.692. The summed E-state index contributed by atoms with van der Waals surface area (Å²) >= 11 is 1.12. The van der Waals surface area contributed by atoms with E-state index in [1.54, 1.807) is 12.5 Å². The molecule has 0 fully saturated rings. The molecular weight excluding hydrogens is 278 g/mol. The van der Waals surface area contributed by atoms with Crippen LogP contribution in [0.1, 0.15) is 12.1 Å². The number of carbonyl (C=O) groups excluding carboxylic acids is 1. The molecule has 1 heterocycles. The van der Waals surface area contributed by atoms with E-state index in [1.165, 1.54) is 4.57 Å². The number of amides is 1. The molecule has 0 saturated carbocycles. The van der Waals surface area contributed by atoms with Crippen LogP contribution in [0, 0.1) is 6.92 Å². The Morgan fingerprint density at radius 1 is 1.50 bits per heavy atom. The number of thiazole rings is 1. The molecule has 0 spiro atoms. The zero-order valence-corrected chi connectivity index (χ0v) is 13.2. The summed E-state index contributed by atoms with van der Waals surface area (Å²) in [5, 5.41) is 4.60. The van der Waals surface area contributed by atoms with Gasteiger partial charge in [-0.15, -0.1) is 0 Å². The first-order chi connectivity index (χ1) is 9.54. The minimum Gasteiger partial charge on any atom is -0.383 e. The molecule has 0 unspecified atom stereocenters. The van der Waals surface area contributed by atoms with Gasteiger partial charge in [0.05, 0.1) is 6.61 Å². The SMILES string of the molecule is COCCN(C)CCCNC(=O)Cn1c(C)csc1=O. The normalized spacial score (nSPS) is 11.0. The van der Waals surface area contributed by atoms with Crippen molar-refractivity contribution in [3.8, 4) is 0 Å². The molecule has 1 amide bonds. The van der Waals surface area contributed by atoms with Crippen LogP contribution in [0.25, 0.3) is 0 Å². The number of nitrogens with zero attached hydrogens (tertiary/aromatic N) is 2. The van der Waals surface area contributed by atoms with E-state index in [0.29, 0.717) is 13.2 Å². The highest BCUT2D eigenvalue weighted by atomic mass is 32.1. The largest absolute Gasteiger partial charge is 0.383 e. The number of aromatic nitrogens is 1. The third-order valence-electron chi connectivity index (χ3n) is 2.99. The van der Waals surface area contributed by atoms with Gasteiger partial charge in [0.25, 0.3) is 0 Å². The van der Waals surface area contributed by atoms with Crippen molar-refractivity contribution in [3.05, 3.63) is 20.7 Å². The molecule has 6 nitrogen and oxygen atoms in total. The molecule has 0 radical (unpaired) electrons. The number of carbonyl (C=O) groups is 1. The number of likely N-dealkylation sites (N-methyl/N-ethyl adjacent to an activating group) is 1. The fourth-order valence-electron chi connectivity index (χ4n) is 1.73. The molecule has 0 bridgehead atoms. The van der Waals surface area contributed by atoms with Gasteiger partial charge in [0.2, 0.25) is 5.91 Å². The summed E-state index contributed by atoms with van der Waals surface area (Å²) in [5.74, 6) is -0.117. The topological polar surface area (TPSA) is 63.6 Å². The second-order valence-electron chi connectivity index (χ2n) is 4.73. The molecule has 0 aliphatic carbocycles. The quantitative estimate of drug-likeness (QED) is 0.667. The molecule has 7 heteroatoms. The van der Waals surface area contributed by atoms with Crippen molar-refractivity contribution >= 4 is 17.2 Å². The van der Waals surface area contributed by atoms with Crippen LogP contribution in [0.4, 0.5) is 0 Å². The molecule has 0 aromatic carbocycles. The van der Waals surface area contributed by atoms with Crippen LogP contribution in [0.3, 0.4) is 0 Å². The van der Waals surface area contributed by atoms with E-state index in [0.717, 1.165) is 36.5 Å². The van der Waals surface area contributed by atoms with Crippen LogP contribution in [0.2, 0.25) is 0 Å². The van der Waals surface area contributed by atoms with Crippen LogP contribution in [0.15, 0.2) is 10.2 Å². The van der Waals surface area contributed by atoms with Crippen LogP contribution in [0.5, 0.6) is 0 Å². The number of ether oxygens (including phenoxy) is 1. The Kier molecular flexibility index (Phi) is 7.50. The summed E-state index contributed by atoms with van der Waals surface area (Å²) in [5.41, 5.74) is 0.828. The molecule has 0 saturated heterocycles. The Hall–Kier alpha value is -1.18. The Bertz CT molecular complexity index is 470. The minimum absolute atomic E-state index is 0.0862. The lowest BCUT2D eigenvalue weighted by Crippen LogP contribution is -2.33. The van der Waals surface area contributed by atoms with Crippen molar-refractivity contribution in [3.63, 3.8) is 0 Å². The third kappa shape index (κ3) is 5.85. The van der Waals surface area contributed by atoms with Crippen molar-refractivity contribution in [2.45, 2.75) is 19.9 Å². The number of methoxy groups -OCH3 is 1. The maximum atomic E-state index is 11.7. The number of aryl methyl sites for hydroxylation is 1. The highest BCUT2D eigenvalue weighted by Crippen LogP contribution is 1.98. The average molecular weight is 301 g/mol. The lowest BCUT2D eigenvalue weighted by atomic mass is 10.3. The molecule has 0 atom stereocenters. The summed E-state index contributed by atoms with van der Waals surface area (Å²) in [6.45, 7) is 5.05. The fourth-order valence-corrected chi connectivity index (χ4v) is 2.47. The van der Waals surface area contributed by atoms with E-state index in [1.807, 2.05) is 14.0 Å². The Balaban J connectivity index is 2.19. The number of hydrogen-bond donors (Lipinski definition) is 1. The summed E-state index contributed by atoms with van der Waals surface area (Å²) < 4.78 is 6.49. The minimum atomic E-state index is -0.117. The van der Waals surface area contributed by atoms with Crippen molar-refractivity contribution in [2.75, 3.05) is 40.4 Å². The highest BCUT2D eigenvalue weighted by Gasteiger charge is 2.07. The van der Waals surface area contributed by atoms with E-state index in [9.17, 15) is 9.59 Å². The number of rotatable bonds is 9. The lowest BCUT2D eigenvalue weighted by Gasteiger charge is -2.15. The molecule has 0 aliphatic heterocycles. The first kappa shape index (κ1) is 16.9. The summed E-state index contributed by atoms with van der Waals surface area (Å²) in [6, 6.07) is 0. The van der Waals surface area contributed by atoms with E-state index in [-0.39, 0.29) is 17.3 Å². The zero-order chi connectivity index (χ0) is 15.0. The molecule has 1 rings (SSSR count). The summed E-state index contributed by atoms with van der Waals surface area (Å²) in [6.07, 6.45) is 0.878. The van der Waals surface area contributed by atoms with E-state index < -0.39 is 0 Å². The van der Waals surface area contributed by atoms with Gasteiger partial charge in [-0.2, -0.15) is 0 Å². The Labute approximate surface area is 123 Å². The lowest BCUT2D eigenvalue weighted by molar-refractivity contribution is -0.121. The standard InChI is InChI=1S/C13H23N3O3S/c1-11-10-20-13(18)16(11)9-12(17)14-5-4-6-15(2)7-8-19-3/h10H,4-9H2,1-3H3,(H,14,17). The molecule has 1 aromatic heterocycles. The Morgan fingerprint density at radius 3 is 2.85 bits per heavy atom. The zero-order valence-electron chi connectivity index (χ0n) is 12.3. The van der Waals surface area contributed by atoms with Crippen LogP contribution in [-0.2, 0) is 16.1 Å².